The van der Waals surface area contributed by atoms with Crippen molar-refractivity contribution in [1.29, 1.82) is 0 Å². The molecule has 0 saturated heterocycles. The van der Waals surface area contributed by atoms with E-state index in [2.05, 4.69) is 15.5 Å². The molecule has 0 spiro atoms. The lowest BCUT2D eigenvalue weighted by atomic mass is 10.1. The molecule has 1 unspecified atom stereocenters. The number of hydrogen-bond donors (Lipinski definition) is 2. The summed E-state index contributed by atoms with van der Waals surface area (Å²) in [6.07, 6.45) is 3.38. The fourth-order valence-corrected chi connectivity index (χ4v) is 3.23. The fraction of sp³-hybridized carbons (Fsp3) is 0.500. The van der Waals surface area contributed by atoms with E-state index in [4.69, 9.17) is 17.4 Å². The number of nitrogens with one attached hydrogen (secondary N) is 1. The van der Waals surface area contributed by atoms with Crippen molar-refractivity contribution >= 4 is 22.9 Å². The highest BCUT2D eigenvalue weighted by molar-refractivity contribution is 7.11. The zero-order valence-corrected chi connectivity index (χ0v) is 12.8. The second-order valence-corrected chi connectivity index (χ2v) is 6.03. The molecule has 104 valence electrons. The van der Waals surface area contributed by atoms with Crippen LogP contribution in [-0.2, 0) is 19.9 Å². The van der Waals surface area contributed by atoms with Crippen LogP contribution in [0.15, 0.2) is 6.20 Å². The average molecular weight is 300 g/mol. The van der Waals surface area contributed by atoms with Gasteiger partial charge in [0.2, 0.25) is 0 Å². The third kappa shape index (κ3) is 2.97. The maximum atomic E-state index is 6.36. The number of nitrogens with two attached hydrogens (primary N) is 1. The van der Waals surface area contributed by atoms with Gasteiger partial charge in [-0.25, -0.2) is 4.98 Å². The minimum absolute atomic E-state index is 0.00352. The van der Waals surface area contributed by atoms with E-state index < -0.39 is 0 Å². The smallest absolute Gasteiger partial charge is 0.0897 e. The molecule has 5 nitrogen and oxygen atoms in total. The largest absolute Gasteiger partial charge is 0.271 e. The predicted octanol–water partition coefficient (Wildman–Crippen LogP) is 2.15. The Morgan fingerprint density at radius 2 is 2.32 bits per heavy atom. The molecule has 2 rings (SSSR count). The Balaban J connectivity index is 2.26. The Bertz CT molecular complexity index is 562. The van der Waals surface area contributed by atoms with Gasteiger partial charge in [0, 0.05) is 24.5 Å². The number of halogens is 1. The molecule has 0 aliphatic heterocycles. The quantitative estimate of drug-likeness (QED) is 0.656. The molecule has 0 bridgehead atoms. The highest BCUT2D eigenvalue weighted by Gasteiger charge is 2.19. The summed E-state index contributed by atoms with van der Waals surface area (Å²) in [7, 11) is 1.91. The van der Waals surface area contributed by atoms with E-state index in [1.165, 1.54) is 0 Å². The minimum Gasteiger partial charge on any atom is -0.271 e. The van der Waals surface area contributed by atoms with E-state index in [1.807, 2.05) is 31.8 Å². The molecule has 0 radical (unpaired) electrons. The first-order chi connectivity index (χ1) is 9.06. The van der Waals surface area contributed by atoms with Crippen molar-refractivity contribution in [1.82, 2.24) is 20.2 Å². The lowest BCUT2D eigenvalue weighted by molar-refractivity contribution is 0.536. The van der Waals surface area contributed by atoms with Crippen molar-refractivity contribution in [3.63, 3.8) is 0 Å². The summed E-state index contributed by atoms with van der Waals surface area (Å²) in [5.74, 6) is 5.66. The molecule has 0 saturated carbocycles. The summed E-state index contributed by atoms with van der Waals surface area (Å²) in [5.41, 5.74) is 4.75. The molecular formula is C12H18ClN5S. The lowest BCUT2D eigenvalue weighted by Crippen LogP contribution is -2.29. The molecule has 0 fully saturated rings. The molecule has 2 aromatic heterocycles. The van der Waals surface area contributed by atoms with E-state index >= 15 is 0 Å². The van der Waals surface area contributed by atoms with Crippen molar-refractivity contribution < 1.29 is 0 Å². The molecule has 0 amide bonds. The van der Waals surface area contributed by atoms with Crippen LogP contribution >= 0.6 is 22.9 Å². The van der Waals surface area contributed by atoms with Crippen molar-refractivity contribution in [2.45, 2.75) is 32.7 Å². The third-order valence-electron chi connectivity index (χ3n) is 3.08. The van der Waals surface area contributed by atoms with Gasteiger partial charge in [0.25, 0.3) is 0 Å². The Kier molecular flexibility index (Phi) is 4.57. The van der Waals surface area contributed by atoms with Crippen LogP contribution < -0.4 is 11.3 Å². The van der Waals surface area contributed by atoms with E-state index in [-0.39, 0.29) is 6.04 Å². The first kappa shape index (κ1) is 14.5. The topological polar surface area (TPSA) is 68.8 Å². The molecule has 2 heterocycles. The van der Waals surface area contributed by atoms with Crippen LogP contribution in [0, 0.1) is 6.92 Å². The van der Waals surface area contributed by atoms with Gasteiger partial charge in [0.15, 0.2) is 0 Å². The molecule has 2 aromatic rings. The molecule has 0 aliphatic carbocycles. The molecular weight excluding hydrogens is 282 g/mol. The summed E-state index contributed by atoms with van der Waals surface area (Å²) in [5, 5.41) is 6.19. The van der Waals surface area contributed by atoms with Crippen LogP contribution in [0.25, 0.3) is 0 Å². The van der Waals surface area contributed by atoms with Crippen LogP contribution in [0.2, 0.25) is 5.02 Å². The molecule has 7 heteroatoms. The zero-order valence-electron chi connectivity index (χ0n) is 11.3. The first-order valence-corrected chi connectivity index (χ1v) is 7.35. The van der Waals surface area contributed by atoms with Gasteiger partial charge < -0.3 is 0 Å². The molecule has 0 aromatic carbocycles. The maximum absolute atomic E-state index is 6.36. The van der Waals surface area contributed by atoms with Crippen LogP contribution in [0.5, 0.6) is 0 Å². The average Bonchev–Trinajstić information content (AvgIpc) is 2.92. The van der Waals surface area contributed by atoms with E-state index in [0.717, 1.165) is 32.7 Å². The molecule has 1 atom stereocenters. The number of aromatic nitrogens is 3. The Labute approximate surface area is 121 Å². The monoisotopic (exact) mass is 299 g/mol. The summed E-state index contributed by atoms with van der Waals surface area (Å²) in [6.45, 7) is 4.02. The standard InChI is InChI=1S/C12H18ClN5S/c1-4-8-12(13)10(18(3)17-8)5-9(16-14)11-6-15-7(2)19-11/h6,9,16H,4-5,14H2,1-3H3. The predicted molar refractivity (Wildman–Crippen MR) is 78.2 cm³/mol. The Hall–Kier alpha value is -0.950. The second kappa shape index (κ2) is 6.00. The van der Waals surface area contributed by atoms with Crippen LogP contribution in [-0.4, -0.2) is 14.8 Å². The van der Waals surface area contributed by atoms with Crippen LogP contribution in [0.3, 0.4) is 0 Å². The number of rotatable bonds is 5. The molecule has 0 aliphatic rings. The number of hydrazine groups is 1. The summed E-state index contributed by atoms with van der Waals surface area (Å²) in [4.78, 5) is 5.37. The third-order valence-corrected chi connectivity index (χ3v) is 4.55. The van der Waals surface area contributed by atoms with Crippen molar-refractivity contribution in [2.24, 2.45) is 12.9 Å². The highest BCUT2D eigenvalue weighted by Crippen LogP contribution is 2.28. The van der Waals surface area contributed by atoms with Gasteiger partial charge in [-0.3, -0.25) is 16.0 Å². The highest BCUT2D eigenvalue weighted by atomic mass is 35.5. The van der Waals surface area contributed by atoms with Gasteiger partial charge in [-0.1, -0.05) is 18.5 Å². The summed E-state index contributed by atoms with van der Waals surface area (Å²) in [6, 6.07) is 0.00352. The lowest BCUT2D eigenvalue weighted by Gasteiger charge is -2.14. The van der Waals surface area contributed by atoms with Gasteiger partial charge >= 0.3 is 0 Å². The first-order valence-electron chi connectivity index (χ1n) is 6.15. The fourth-order valence-electron chi connectivity index (χ4n) is 2.02. The van der Waals surface area contributed by atoms with E-state index in [9.17, 15) is 0 Å². The second-order valence-electron chi connectivity index (χ2n) is 4.39. The Morgan fingerprint density at radius 1 is 1.58 bits per heavy atom. The van der Waals surface area contributed by atoms with Crippen LogP contribution in [0.4, 0.5) is 0 Å². The van der Waals surface area contributed by atoms with E-state index in [1.54, 1.807) is 11.3 Å². The summed E-state index contributed by atoms with van der Waals surface area (Å²) < 4.78 is 1.83. The zero-order chi connectivity index (χ0) is 14.0. The summed E-state index contributed by atoms with van der Waals surface area (Å²) >= 11 is 8.00. The van der Waals surface area contributed by atoms with Crippen molar-refractivity contribution in [3.05, 3.63) is 32.5 Å². The Morgan fingerprint density at radius 3 is 2.79 bits per heavy atom. The maximum Gasteiger partial charge on any atom is 0.0897 e. The molecule has 3 N–H and O–H groups in total. The van der Waals surface area contributed by atoms with Gasteiger partial charge in [0.1, 0.15) is 0 Å². The van der Waals surface area contributed by atoms with Crippen molar-refractivity contribution in [3.8, 4) is 0 Å². The van der Waals surface area contributed by atoms with Crippen molar-refractivity contribution in [2.75, 3.05) is 0 Å². The number of nitrogens with zero attached hydrogens (tertiary/aromatic N) is 3. The van der Waals surface area contributed by atoms with Gasteiger partial charge in [-0.15, -0.1) is 11.3 Å². The number of thiazole rings is 1. The number of hydrogen-bond acceptors (Lipinski definition) is 5. The van der Waals surface area contributed by atoms with Gasteiger partial charge in [-0.2, -0.15) is 5.10 Å². The SMILES string of the molecule is CCc1nn(C)c(CC(NN)c2cnc(C)s2)c1Cl. The van der Waals surface area contributed by atoms with Gasteiger partial charge in [0.05, 0.1) is 27.5 Å². The van der Waals surface area contributed by atoms with E-state index in [0.29, 0.717) is 6.42 Å². The normalized spacial score (nSPS) is 12.9. The number of aryl methyl sites for hydroxylation is 3. The molecule has 19 heavy (non-hydrogen) atoms. The van der Waals surface area contributed by atoms with Crippen LogP contribution in [0.1, 0.15) is 34.2 Å². The van der Waals surface area contributed by atoms with Gasteiger partial charge in [-0.05, 0) is 13.3 Å². The minimum atomic E-state index is 0.00352.